The lowest BCUT2D eigenvalue weighted by Crippen LogP contribution is -1.87. The molecule has 2 aromatic rings. The average molecular weight is 260 g/mol. The maximum Gasteiger partial charge on any atom is 0.133 e. The zero-order valence-electron chi connectivity index (χ0n) is 10.5. The van der Waals surface area contributed by atoms with Gasteiger partial charge in [0.05, 0.1) is 6.61 Å². The van der Waals surface area contributed by atoms with E-state index < -0.39 is 11.6 Å². The van der Waals surface area contributed by atoms with E-state index in [4.69, 9.17) is 5.11 Å². The largest absolute Gasteiger partial charge is 0.392 e. The van der Waals surface area contributed by atoms with Crippen molar-refractivity contribution in [3.05, 3.63) is 65.7 Å². The lowest BCUT2D eigenvalue weighted by Gasteiger charge is -2.06. The van der Waals surface area contributed by atoms with Crippen LogP contribution in [0.25, 0.3) is 16.7 Å². The van der Waals surface area contributed by atoms with E-state index >= 15 is 0 Å². The summed E-state index contributed by atoms with van der Waals surface area (Å²) < 4.78 is 26.5. The normalized spacial score (nSPS) is 11.7. The molecular weight excluding hydrogens is 246 g/mol. The first-order valence-electron chi connectivity index (χ1n) is 5.95. The molecule has 2 aromatic carbocycles. The second-order valence-corrected chi connectivity index (χ2v) is 4.27. The van der Waals surface area contributed by atoms with E-state index in [1.165, 1.54) is 12.1 Å². The molecule has 0 aliphatic carbocycles. The highest BCUT2D eigenvalue weighted by Crippen LogP contribution is 2.25. The van der Waals surface area contributed by atoms with Crippen molar-refractivity contribution in [1.82, 2.24) is 0 Å². The van der Waals surface area contributed by atoms with Gasteiger partial charge in [-0.05, 0) is 35.8 Å². The average Bonchev–Trinajstić information content (AvgIpc) is 2.39. The van der Waals surface area contributed by atoms with Crippen LogP contribution in [0.5, 0.6) is 0 Å². The third-order valence-corrected chi connectivity index (χ3v) is 2.98. The summed E-state index contributed by atoms with van der Waals surface area (Å²) in [6.07, 6.45) is 1.70. The Kier molecular flexibility index (Phi) is 4.07. The second-order valence-electron chi connectivity index (χ2n) is 4.27. The van der Waals surface area contributed by atoms with E-state index in [0.29, 0.717) is 11.1 Å². The minimum Gasteiger partial charge on any atom is -0.392 e. The van der Waals surface area contributed by atoms with E-state index in [1.54, 1.807) is 18.2 Å². The summed E-state index contributed by atoms with van der Waals surface area (Å²) in [7, 11) is 0. The van der Waals surface area contributed by atoms with Gasteiger partial charge < -0.3 is 5.11 Å². The van der Waals surface area contributed by atoms with Crippen LogP contribution in [0, 0.1) is 11.6 Å². The summed E-state index contributed by atoms with van der Waals surface area (Å²) in [6, 6.07) is 10.8. The molecule has 0 unspecified atom stereocenters. The van der Waals surface area contributed by atoms with Crippen molar-refractivity contribution in [3.63, 3.8) is 0 Å². The molecule has 19 heavy (non-hydrogen) atoms. The van der Waals surface area contributed by atoms with Gasteiger partial charge in [-0.3, -0.25) is 0 Å². The van der Waals surface area contributed by atoms with Gasteiger partial charge in [0.25, 0.3) is 0 Å². The van der Waals surface area contributed by atoms with E-state index in [1.807, 2.05) is 19.1 Å². The smallest absolute Gasteiger partial charge is 0.133 e. The summed E-state index contributed by atoms with van der Waals surface area (Å²) in [5.41, 5.74) is 2.98. The van der Waals surface area contributed by atoms with Gasteiger partial charge in [-0.25, -0.2) is 8.78 Å². The number of halogens is 2. The van der Waals surface area contributed by atoms with E-state index in [0.717, 1.165) is 17.2 Å². The highest BCUT2D eigenvalue weighted by atomic mass is 19.1. The Morgan fingerprint density at radius 1 is 1.11 bits per heavy atom. The standard InChI is InChI=1S/C16H14F2O/c1-11(8-9-19)12-2-4-13(5-3-12)15-7-6-14(17)10-16(15)18/h2-8,10,19H,9H2,1H3/b11-8-. The van der Waals surface area contributed by atoms with Gasteiger partial charge in [-0.15, -0.1) is 0 Å². The van der Waals surface area contributed by atoms with Gasteiger partial charge in [0.1, 0.15) is 11.6 Å². The summed E-state index contributed by atoms with van der Waals surface area (Å²) in [4.78, 5) is 0. The van der Waals surface area contributed by atoms with Crippen molar-refractivity contribution in [2.75, 3.05) is 6.61 Å². The maximum atomic E-state index is 13.6. The Labute approximate surface area is 110 Å². The van der Waals surface area contributed by atoms with Crippen LogP contribution in [-0.4, -0.2) is 11.7 Å². The van der Waals surface area contributed by atoms with Crippen LogP contribution in [0.4, 0.5) is 8.78 Å². The van der Waals surface area contributed by atoms with Crippen molar-refractivity contribution in [3.8, 4) is 11.1 Å². The molecule has 3 heteroatoms. The summed E-state index contributed by atoms with van der Waals surface area (Å²) in [5, 5.41) is 8.83. The Hall–Kier alpha value is -2.00. The first-order valence-corrected chi connectivity index (χ1v) is 5.95. The Balaban J connectivity index is 2.35. The molecule has 1 N–H and O–H groups in total. The van der Waals surface area contributed by atoms with Crippen LogP contribution in [0.2, 0.25) is 0 Å². The van der Waals surface area contributed by atoms with Crippen LogP contribution in [0.15, 0.2) is 48.5 Å². The number of hydrogen-bond acceptors (Lipinski definition) is 1. The molecule has 0 aromatic heterocycles. The molecule has 0 saturated carbocycles. The number of hydrogen-bond donors (Lipinski definition) is 1. The first-order chi connectivity index (χ1) is 9.11. The van der Waals surface area contributed by atoms with E-state index in [9.17, 15) is 8.78 Å². The minimum atomic E-state index is -0.584. The highest BCUT2D eigenvalue weighted by Gasteiger charge is 2.06. The lowest BCUT2D eigenvalue weighted by molar-refractivity contribution is 0.343. The van der Waals surface area contributed by atoms with Crippen LogP contribution >= 0.6 is 0 Å². The zero-order valence-corrected chi connectivity index (χ0v) is 10.5. The molecule has 0 amide bonds. The molecule has 0 saturated heterocycles. The number of aliphatic hydroxyl groups is 1. The van der Waals surface area contributed by atoms with Crippen molar-refractivity contribution in [2.45, 2.75) is 6.92 Å². The molecule has 0 aliphatic rings. The predicted molar refractivity (Wildman–Crippen MR) is 72.5 cm³/mol. The number of benzene rings is 2. The molecule has 0 radical (unpaired) electrons. The van der Waals surface area contributed by atoms with Gasteiger partial charge in [-0.2, -0.15) is 0 Å². The fourth-order valence-electron chi connectivity index (χ4n) is 1.89. The molecule has 1 nitrogen and oxygen atoms in total. The topological polar surface area (TPSA) is 20.2 Å². The lowest BCUT2D eigenvalue weighted by atomic mass is 10.0. The number of rotatable bonds is 3. The molecule has 0 aliphatic heterocycles. The van der Waals surface area contributed by atoms with Gasteiger partial charge in [0.2, 0.25) is 0 Å². The van der Waals surface area contributed by atoms with Gasteiger partial charge >= 0.3 is 0 Å². The maximum absolute atomic E-state index is 13.6. The van der Waals surface area contributed by atoms with Crippen LogP contribution in [0.1, 0.15) is 12.5 Å². The fraction of sp³-hybridized carbons (Fsp3) is 0.125. The molecule has 0 spiro atoms. The van der Waals surface area contributed by atoms with Crippen molar-refractivity contribution >= 4 is 5.57 Å². The monoisotopic (exact) mass is 260 g/mol. The SMILES string of the molecule is C/C(=C/CO)c1ccc(-c2ccc(F)cc2F)cc1. The Morgan fingerprint density at radius 2 is 1.79 bits per heavy atom. The van der Waals surface area contributed by atoms with Gasteiger partial charge in [0.15, 0.2) is 0 Å². The zero-order chi connectivity index (χ0) is 13.8. The molecule has 0 fully saturated rings. The van der Waals surface area contributed by atoms with Crippen molar-refractivity contribution < 1.29 is 13.9 Å². The second kappa shape index (κ2) is 5.76. The van der Waals surface area contributed by atoms with Gasteiger partial charge in [-0.1, -0.05) is 30.3 Å². The van der Waals surface area contributed by atoms with Crippen LogP contribution in [-0.2, 0) is 0 Å². The minimum absolute atomic E-state index is 0.0137. The third kappa shape index (κ3) is 3.06. The third-order valence-electron chi connectivity index (χ3n) is 2.98. The summed E-state index contributed by atoms with van der Waals surface area (Å²) in [5.74, 6) is -1.16. The van der Waals surface area contributed by atoms with Crippen LogP contribution < -0.4 is 0 Å². The fourth-order valence-corrected chi connectivity index (χ4v) is 1.89. The van der Waals surface area contributed by atoms with E-state index in [-0.39, 0.29) is 6.61 Å². The number of aliphatic hydroxyl groups excluding tert-OH is 1. The Morgan fingerprint density at radius 3 is 2.37 bits per heavy atom. The van der Waals surface area contributed by atoms with E-state index in [2.05, 4.69) is 0 Å². The summed E-state index contributed by atoms with van der Waals surface area (Å²) >= 11 is 0. The molecule has 2 rings (SSSR count). The first kappa shape index (κ1) is 13.4. The summed E-state index contributed by atoms with van der Waals surface area (Å²) in [6.45, 7) is 1.88. The Bertz CT molecular complexity index is 601. The van der Waals surface area contributed by atoms with Crippen molar-refractivity contribution in [1.29, 1.82) is 0 Å². The van der Waals surface area contributed by atoms with Crippen molar-refractivity contribution in [2.24, 2.45) is 0 Å². The molecule has 0 atom stereocenters. The predicted octanol–water partition coefficient (Wildman–Crippen LogP) is 4.03. The quantitative estimate of drug-likeness (QED) is 0.883. The van der Waals surface area contributed by atoms with Crippen LogP contribution in [0.3, 0.4) is 0 Å². The molecule has 0 bridgehead atoms. The number of allylic oxidation sites excluding steroid dienone is 1. The molecule has 0 heterocycles. The molecular formula is C16H14F2O. The van der Waals surface area contributed by atoms with Gasteiger partial charge in [0, 0.05) is 11.6 Å². The molecule has 98 valence electrons. The highest BCUT2D eigenvalue weighted by molar-refractivity contribution is 5.69.